The summed E-state index contributed by atoms with van der Waals surface area (Å²) in [7, 11) is 0. The van der Waals surface area contributed by atoms with Crippen LogP contribution in [-0.2, 0) is 14.3 Å². The standard InChI is InChI=1S/C23H27NO3/c25-22(24-20-11-14-27-23(17-20)12-15-26-16-13-23)21(18-7-3-1-4-8-18)19-9-5-2-6-10-19/h1-10,20-21H,11-17H2,(H,24,25)/t20-/m0/s1. The number of ether oxygens (including phenoxy) is 2. The molecular formula is C23H27NO3. The highest BCUT2D eigenvalue weighted by molar-refractivity contribution is 5.87. The number of nitrogens with one attached hydrogen (secondary N) is 1. The first-order chi connectivity index (χ1) is 13.3. The van der Waals surface area contributed by atoms with Gasteiger partial charge >= 0.3 is 0 Å². The van der Waals surface area contributed by atoms with E-state index in [1.165, 1.54) is 0 Å². The number of hydrogen-bond donors (Lipinski definition) is 1. The average molecular weight is 365 g/mol. The third-order valence-electron chi connectivity index (χ3n) is 5.77. The van der Waals surface area contributed by atoms with Crippen molar-refractivity contribution in [1.82, 2.24) is 5.32 Å². The molecular weight excluding hydrogens is 338 g/mol. The Labute approximate surface area is 160 Å². The molecule has 4 rings (SSSR count). The van der Waals surface area contributed by atoms with Crippen molar-refractivity contribution in [3.63, 3.8) is 0 Å². The second-order valence-corrected chi connectivity index (χ2v) is 7.60. The Hall–Kier alpha value is -2.17. The Morgan fingerprint density at radius 3 is 2.11 bits per heavy atom. The van der Waals surface area contributed by atoms with Crippen LogP contribution in [0.1, 0.15) is 42.7 Å². The summed E-state index contributed by atoms with van der Waals surface area (Å²) >= 11 is 0. The van der Waals surface area contributed by atoms with Gasteiger partial charge in [-0.05, 0) is 36.8 Å². The molecule has 2 saturated heterocycles. The topological polar surface area (TPSA) is 47.6 Å². The molecule has 2 aliphatic rings. The summed E-state index contributed by atoms with van der Waals surface area (Å²) < 4.78 is 11.6. The van der Waals surface area contributed by atoms with Gasteiger partial charge in [-0.1, -0.05) is 60.7 Å². The summed E-state index contributed by atoms with van der Waals surface area (Å²) in [6, 6.07) is 20.2. The van der Waals surface area contributed by atoms with Crippen LogP contribution in [-0.4, -0.2) is 37.4 Å². The Balaban J connectivity index is 1.52. The molecule has 1 spiro atoms. The smallest absolute Gasteiger partial charge is 0.232 e. The molecule has 0 aliphatic carbocycles. The molecule has 4 nitrogen and oxygen atoms in total. The van der Waals surface area contributed by atoms with Crippen LogP contribution in [0, 0.1) is 0 Å². The molecule has 0 unspecified atom stereocenters. The predicted octanol–water partition coefficient (Wildman–Crippen LogP) is 3.66. The van der Waals surface area contributed by atoms with Gasteiger partial charge in [-0.25, -0.2) is 0 Å². The molecule has 27 heavy (non-hydrogen) atoms. The van der Waals surface area contributed by atoms with Gasteiger partial charge in [0.1, 0.15) is 0 Å². The molecule has 4 heteroatoms. The molecule has 2 aromatic rings. The molecule has 2 aromatic carbocycles. The number of benzene rings is 2. The van der Waals surface area contributed by atoms with Crippen LogP contribution in [0.5, 0.6) is 0 Å². The average Bonchev–Trinajstić information content (AvgIpc) is 2.70. The highest BCUT2D eigenvalue weighted by atomic mass is 16.5. The molecule has 1 amide bonds. The monoisotopic (exact) mass is 365 g/mol. The van der Waals surface area contributed by atoms with Crippen LogP contribution in [0.3, 0.4) is 0 Å². The molecule has 2 fully saturated rings. The maximum atomic E-state index is 13.3. The lowest BCUT2D eigenvalue weighted by molar-refractivity contribution is -0.144. The van der Waals surface area contributed by atoms with E-state index in [4.69, 9.17) is 9.47 Å². The fourth-order valence-electron chi connectivity index (χ4n) is 4.31. The van der Waals surface area contributed by atoms with Crippen molar-refractivity contribution in [2.45, 2.75) is 43.2 Å². The van der Waals surface area contributed by atoms with Gasteiger partial charge in [0.15, 0.2) is 0 Å². The second kappa shape index (κ2) is 8.24. The van der Waals surface area contributed by atoms with Crippen LogP contribution in [0.25, 0.3) is 0 Å². The van der Waals surface area contributed by atoms with Crippen molar-refractivity contribution in [3.8, 4) is 0 Å². The van der Waals surface area contributed by atoms with E-state index >= 15 is 0 Å². The van der Waals surface area contributed by atoms with Crippen molar-refractivity contribution >= 4 is 5.91 Å². The van der Waals surface area contributed by atoms with Gasteiger partial charge in [-0.15, -0.1) is 0 Å². The van der Waals surface area contributed by atoms with Crippen molar-refractivity contribution in [2.75, 3.05) is 19.8 Å². The van der Waals surface area contributed by atoms with E-state index in [1.807, 2.05) is 60.7 Å². The minimum absolute atomic E-state index is 0.0708. The number of hydrogen-bond acceptors (Lipinski definition) is 3. The largest absolute Gasteiger partial charge is 0.381 e. The van der Waals surface area contributed by atoms with Crippen molar-refractivity contribution in [2.24, 2.45) is 0 Å². The van der Waals surface area contributed by atoms with Crippen LogP contribution < -0.4 is 5.32 Å². The number of rotatable bonds is 4. The second-order valence-electron chi connectivity index (χ2n) is 7.60. The lowest BCUT2D eigenvalue weighted by Gasteiger charge is -2.43. The SMILES string of the molecule is O=C(N[C@H]1CCOC2(CCOCC2)C1)C(c1ccccc1)c1ccccc1. The third kappa shape index (κ3) is 4.23. The van der Waals surface area contributed by atoms with E-state index in [9.17, 15) is 4.79 Å². The molecule has 142 valence electrons. The first-order valence-corrected chi connectivity index (χ1v) is 9.88. The fourth-order valence-corrected chi connectivity index (χ4v) is 4.31. The minimum Gasteiger partial charge on any atom is -0.381 e. The molecule has 0 bridgehead atoms. The van der Waals surface area contributed by atoms with Gasteiger partial charge in [-0.3, -0.25) is 4.79 Å². The van der Waals surface area contributed by atoms with Crippen LogP contribution >= 0.6 is 0 Å². The normalized spacial score (nSPS) is 21.9. The summed E-state index contributed by atoms with van der Waals surface area (Å²) in [6.45, 7) is 2.20. The molecule has 1 atom stereocenters. The van der Waals surface area contributed by atoms with Crippen LogP contribution in [0.15, 0.2) is 60.7 Å². The van der Waals surface area contributed by atoms with E-state index < -0.39 is 0 Å². The highest BCUT2D eigenvalue weighted by Gasteiger charge is 2.40. The maximum absolute atomic E-state index is 13.3. The van der Waals surface area contributed by atoms with Gasteiger partial charge in [0, 0.05) is 25.9 Å². The Kier molecular flexibility index (Phi) is 5.55. The number of amides is 1. The van der Waals surface area contributed by atoms with Gasteiger partial charge in [-0.2, -0.15) is 0 Å². The summed E-state index contributed by atoms with van der Waals surface area (Å²) in [4.78, 5) is 13.3. The summed E-state index contributed by atoms with van der Waals surface area (Å²) in [5.41, 5.74) is 1.92. The lowest BCUT2D eigenvalue weighted by Crippen LogP contribution is -2.51. The molecule has 0 radical (unpaired) electrons. The van der Waals surface area contributed by atoms with E-state index in [2.05, 4.69) is 5.32 Å². The fraction of sp³-hybridized carbons (Fsp3) is 0.435. The quantitative estimate of drug-likeness (QED) is 0.899. The minimum atomic E-state index is -0.291. The van der Waals surface area contributed by atoms with Gasteiger partial charge in [0.05, 0.1) is 11.5 Å². The zero-order valence-corrected chi connectivity index (χ0v) is 15.6. The van der Waals surface area contributed by atoms with E-state index in [0.29, 0.717) is 6.61 Å². The zero-order valence-electron chi connectivity index (χ0n) is 15.6. The molecule has 0 aromatic heterocycles. The van der Waals surface area contributed by atoms with E-state index in [-0.39, 0.29) is 23.5 Å². The molecule has 1 N–H and O–H groups in total. The van der Waals surface area contributed by atoms with Gasteiger partial charge in [0.2, 0.25) is 5.91 Å². The predicted molar refractivity (Wildman–Crippen MR) is 105 cm³/mol. The summed E-state index contributed by atoms with van der Waals surface area (Å²) in [6.07, 6.45) is 3.57. The van der Waals surface area contributed by atoms with Crippen molar-refractivity contribution in [3.05, 3.63) is 71.8 Å². The first-order valence-electron chi connectivity index (χ1n) is 9.88. The number of carbonyl (C=O) groups excluding carboxylic acids is 1. The Bertz CT molecular complexity index is 696. The van der Waals surface area contributed by atoms with Crippen LogP contribution in [0.2, 0.25) is 0 Å². The van der Waals surface area contributed by atoms with Crippen molar-refractivity contribution < 1.29 is 14.3 Å². The molecule has 2 heterocycles. The molecule has 2 aliphatic heterocycles. The maximum Gasteiger partial charge on any atom is 0.232 e. The summed E-state index contributed by atoms with van der Waals surface area (Å²) in [5.74, 6) is -0.220. The zero-order chi connectivity index (χ0) is 18.5. The Morgan fingerprint density at radius 1 is 0.926 bits per heavy atom. The molecule has 0 saturated carbocycles. The summed E-state index contributed by atoms with van der Waals surface area (Å²) in [5, 5.41) is 3.33. The third-order valence-corrected chi connectivity index (χ3v) is 5.77. The van der Waals surface area contributed by atoms with E-state index in [1.54, 1.807) is 0 Å². The van der Waals surface area contributed by atoms with Crippen LogP contribution in [0.4, 0.5) is 0 Å². The van der Waals surface area contributed by atoms with Crippen molar-refractivity contribution in [1.29, 1.82) is 0 Å². The lowest BCUT2D eigenvalue weighted by atomic mass is 9.83. The first kappa shape index (κ1) is 18.2. The van der Waals surface area contributed by atoms with Gasteiger partial charge < -0.3 is 14.8 Å². The Morgan fingerprint density at radius 2 is 1.52 bits per heavy atom. The van der Waals surface area contributed by atoms with Gasteiger partial charge in [0.25, 0.3) is 0 Å². The highest BCUT2D eigenvalue weighted by Crippen LogP contribution is 2.35. The van der Waals surface area contributed by atoms with E-state index in [0.717, 1.165) is 50.0 Å². The number of carbonyl (C=O) groups is 1.